The van der Waals surface area contributed by atoms with E-state index in [2.05, 4.69) is 48.5 Å². The molecule has 4 rings (SSSR count). The van der Waals surface area contributed by atoms with Crippen molar-refractivity contribution < 1.29 is 0 Å². The first-order chi connectivity index (χ1) is 10.3. The SMILES string of the molecule is NC(Cc1ccc2ccccc2c1)c1cc2c(s1)CCC2. The van der Waals surface area contributed by atoms with Crippen molar-refractivity contribution in [2.75, 3.05) is 0 Å². The highest BCUT2D eigenvalue weighted by Gasteiger charge is 2.18. The highest BCUT2D eigenvalue weighted by atomic mass is 32.1. The summed E-state index contributed by atoms with van der Waals surface area (Å²) in [5, 5.41) is 2.60. The lowest BCUT2D eigenvalue weighted by Crippen LogP contribution is -2.11. The Labute approximate surface area is 129 Å². The van der Waals surface area contributed by atoms with E-state index in [0.29, 0.717) is 0 Å². The monoisotopic (exact) mass is 293 g/mol. The van der Waals surface area contributed by atoms with Gasteiger partial charge in [0.25, 0.3) is 0 Å². The van der Waals surface area contributed by atoms with Gasteiger partial charge in [0.15, 0.2) is 0 Å². The Hall–Kier alpha value is -1.64. The first-order valence-electron chi connectivity index (χ1n) is 7.64. The summed E-state index contributed by atoms with van der Waals surface area (Å²) in [6.45, 7) is 0. The lowest BCUT2D eigenvalue weighted by atomic mass is 10.0. The van der Waals surface area contributed by atoms with Crippen molar-refractivity contribution in [3.8, 4) is 0 Å². The Morgan fingerprint density at radius 2 is 1.86 bits per heavy atom. The molecule has 1 aliphatic carbocycles. The van der Waals surface area contributed by atoms with Crippen molar-refractivity contribution in [3.05, 3.63) is 69.4 Å². The summed E-state index contributed by atoms with van der Waals surface area (Å²) in [5.41, 5.74) is 9.32. The van der Waals surface area contributed by atoms with E-state index in [9.17, 15) is 0 Å². The maximum atomic E-state index is 6.44. The maximum absolute atomic E-state index is 6.44. The predicted octanol–water partition coefficient (Wildman–Crippen LogP) is 4.63. The summed E-state index contributed by atoms with van der Waals surface area (Å²) in [6, 6.07) is 17.7. The molecule has 2 heteroatoms. The van der Waals surface area contributed by atoms with Gasteiger partial charge in [-0.1, -0.05) is 42.5 Å². The fourth-order valence-corrected chi connectivity index (χ4v) is 4.51. The fraction of sp³-hybridized carbons (Fsp3) is 0.263. The number of hydrogen-bond donors (Lipinski definition) is 1. The van der Waals surface area contributed by atoms with Crippen LogP contribution in [0.2, 0.25) is 0 Å². The standard InChI is InChI=1S/C19H19NS/c20-17(19-12-16-6-3-7-18(16)21-19)11-13-8-9-14-4-1-2-5-15(14)10-13/h1-2,4-5,8-10,12,17H,3,6-7,11,20H2. The minimum absolute atomic E-state index is 0.127. The normalized spacial score (nSPS) is 15.3. The molecule has 1 nitrogen and oxygen atoms in total. The van der Waals surface area contributed by atoms with E-state index in [-0.39, 0.29) is 6.04 Å². The molecule has 1 aromatic heterocycles. The number of hydrogen-bond acceptors (Lipinski definition) is 2. The second-order valence-corrected chi connectivity index (χ2v) is 7.11. The first-order valence-corrected chi connectivity index (χ1v) is 8.46. The van der Waals surface area contributed by atoms with Crippen molar-refractivity contribution >= 4 is 22.1 Å². The van der Waals surface area contributed by atoms with Crippen LogP contribution in [0.25, 0.3) is 10.8 Å². The number of fused-ring (bicyclic) bond motifs is 2. The molecular weight excluding hydrogens is 274 g/mol. The molecule has 0 saturated heterocycles. The van der Waals surface area contributed by atoms with Gasteiger partial charge < -0.3 is 5.73 Å². The van der Waals surface area contributed by atoms with Crippen molar-refractivity contribution in [1.29, 1.82) is 0 Å². The van der Waals surface area contributed by atoms with Crippen molar-refractivity contribution in [1.82, 2.24) is 0 Å². The van der Waals surface area contributed by atoms with Crippen LogP contribution in [-0.4, -0.2) is 0 Å². The largest absolute Gasteiger partial charge is 0.323 e. The lowest BCUT2D eigenvalue weighted by Gasteiger charge is -2.10. The zero-order valence-corrected chi connectivity index (χ0v) is 12.8. The van der Waals surface area contributed by atoms with Crippen LogP contribution < -0.4 is 5.73 Å². The molecule has 0 fully saturated rings. The zero-order chi connectivity index (χ0) is 14.2. The van der Waals surface area contributed by atoms with Crippen LogP contribution in [0, 0.1) is 0 Å². The van der Waals surface area contributed by atoms with Crippen LogP contribution in [0.3, 0.4) is 0 Å². The highest BCUT2D eigenvalue weighted by molar-refractivity contribution is 7.12. The van der Waals surface area contributed by atoms with E-state index in [1.807, 2.05) is 11.3 Å². The van der Waals surface area contributed by atoms with Crippen LogP contribution in [0.5, 0.6) is 0 Å². The van der Waals surface area contributed by atoms with Gasteiger partial charge in [0, 0.05) is 15.8 Å². The van der Waals surface area contributed by atoms with Gasteiger partial charge in [0.2, 0.25) is 0 Å². The third-order valence-corrected chi connectivity index (χ3v) is 5.77. The maximum Gasteiger partial charge on any atom is 0.0430 e. The molecule has 0 bridgehead atoms. The van der Waals surface area contributed by atoms with E-state index in [1.165, 1.54) is 40.5 Å². The molecule has 2 N–H and O–H groups in total. The Balaban J connectivity index is 1.58. The summed E-state index contributed by atoms with van der Waals surface area (Å²) < 4.78 is 0. The summed E-state index contributed by atoms with van der Waals surface area (Å²) in [5.74, 6) is 0. The van der Waals surface area contributed by atoms with E-state index in [4.69, 9.17) is 5.73 Å². The van der Waals surface area contributed by atoms with Crippen molar-refractivity contribution in [2.45, 2.75) is 31.7 Å². The summed E-state index contributed by atoms with van der Waals surface area (Å²) in [7, 11) is 0. The Bertz CT molecular complexity index is 766. The average Bonchev–Trinajstić information content (AvgIpc) is 3.08. The number of benzene rings is 2. The van der Waals surface area contributed by atoms with E-state index >= 15 is 0 Å². The van der Waals surface area contributed by atoms with Gasteiger partial charge in [-0.05, 0) is 53.6 Å². The van der Waals surface area contributed by atoms with E-state index in [1.54, 1.807) is 10.4 Å². The van der Waals surface area contributed by atoms with Gasteiger partial charge in [-0.25, -0.2) is 0 Å². The molecule has 1 heterocycles. The van der Waals surface area contributed by atoms with Crippen LogP contribution in [0.15, 0.2) is 48.5 Å². The molecule has 21 heavy (non-hydrogen) atoms. The van der Waals surface area contributed by atoms with Gasteiger partial charge in [-0.15, -0.1) is 11.3 Å². The fourth-order valence-electron chi connectivity index (χ4n) is 3.26. The second kappa shape index (κ2) is 5.28. The quantitative estimate of drug-likeness (QED) is 0.748. The van der Waals surface area contributed by atoms with E-state index in [0.717, 1.165) is 6.42 Å². The van der Waals surface area contributed by atoms with Gasteiger partial charge in [0.1, 0.15) is 0 Å². The van der Waals surface area contributed by atoms with Crippen LogP contribution in [0.4, 0.5) is 0 Å². The van der Waals surface area contributed by atoms with Crippen molar-refractivity contribution in [2.24, 2.45) is 5.73 Å². The predicted molar refractivity (Wildman–Crippen MR) is 90.9 cm³/mol. The van der Waals surface area contributed by atoms with Gasteiger partial charge in [-0.2, -0.15) is 0 Å². The Morgan fingerprint density at radius 3 is 2.71 bits per heavy atom. The third kappa shape index (κ3) is 2.50. The highest BCUT2D eigenvalue weighted by Crippen LogP contribution is 2.34. The molecule has 3 aromatic rings. The molecule has 1 unspecified atom stereocenters. The summed E-state index contributed by atoms with van der Waals surface area (Å²) in [6.07, 6.45) is 4.74. The summed E-state index contributed by atoms with van der Waals surface area (Å²) in [4.78, 5) is 2.92. The van der Waals surface area contributed by atoms with Crippen molar-refractivity contribution in [3.63, 3.8) is 0 Å². The third-order valence-electron chi connectivity index (χ3n) is 4.40. The zero-order valence-electron chi connectivity index (χ0n) is 12.0. The second-order valence-electron chi connectivity index (χ2n) is 5.94. The smallest absolute Gasteiger partial charge is 0.0430 e. The molecule has 2 aromatic carbocycles. The molecule has 0 aliphatic heterocycles. The van der Waals surface area contributed by atoms with Gasteiger partial charge >= 0.3 is 0 Å². The first kappa shape index (κ1) is 13.1. The topological polar surface area (TPSA) is 26.0 Å². The van der Waals surface area contributed by atoms with Gasteiger partial charge in [0.05, 0.1) is 0 Å². The molecule has 0 spiro atoms. The van der Waals surface area contributed by atoms with Crippen LogP contribution in [0.1, 0.15) is 33.3 Å². The molecular formula is C19H19NS. The molecule has 0 radical (unpaired) electrons. The summed E-state index contributed by atoms with van der Waals surface area (Å²) >= 11 is 1.93. The lowest BCUT2D eigenvalue weighted by molar-refractivity contribution is 0.736. The number of rotatable bonds is 3. The Morgan fingerprint density at radius 1 is 1.00 bits per heavy atom. The average molecular weight is 293 g/mol. The van der Waals surface area contributed by atoms with Gasteiger partial charge in [-0.3, -0.25) is 0 Å². The molecule has 106 valence electrons. The molecule has 0 saturated carbocycles. The minimum atomic E-state index is 0.127. The molecule has 1 aliphatic rings. The van der Waals surface area contributed by atoms with Crippen LogP contribution in [-0.2, 0) is 19.3 Å². The van der Waals surface area contributed by atoms with E-state index < -0.39 is 0 Å². The minimum Gasteiger partial charge on any atom is -0.323 e. The molecule has 0 amide bonds. The number of thiophene rings is 1. The number of nitrogens with two attached hydrogens (primary N) is 1. The Kier molecular flexibility index (Phi) is 3.28. The molecule has 1 atom stereocenters. The van der Waals surface area contributed by atoms with Crippen LogP contribution >= 0.6 is 11.3 Å². The number of aryl methyl sites for hydroxylation is 2.